The molecule has 0 unspecified atom stereocenters. The molecule has 0 aliphatic rings. The van der Waals surface area contributed by atoms with Crippen molar-refractivity contribution < 1.29 is 27.0 Å². The molecule has 2 aromatic carbocycles. The maximum Gasteiger partial charge on any atom is 0.573 e. The smallest absolute Gasteiger partial charge is 0.494 e. The van der Waals surface area contributed by atoms with E-state index in [1.807, 2.05) is 0 Å². The van der Waals surface area contributed by atoms with Crippen molar-refractivity contribution in [2.24, 2.45) is 0 Å². The fraction of sp³-hybridized carbons (Fsp3) is 0.167. The molecule has 3 rings (SSSR count). The van der Waals surface area contributed by atoms with Gasteiger partial charge in [0.05, 0.1) is 19.0 Å². The first kappa shape index (κ1) is 19.3. The van der Waals surface area contributed by atoms with E-state index in [4.69, 9.17) is 4.74 Å². The number of methoxy groups -OCH3 is 1. The Bertz CT molecular complexity index is 949. The van der Waals surface area contributed by atoms with Gasteiger partial charge in [-0.2, -0.15) is 5.10 Å². The molecule has 0 amide bonds. The molecule has 0 atom stereocenters. The normalized spacial score (nSPS) is 11.2. The zero-order chi connectivity index (χ0) is 20.1. The van der Waals surface area contributed by atoms with Gasteiger partial charge in [0.2, 0.25) is 5.95 Å². The van der Waals surface area contributed by atoms with Crippen LogP contribution in [0, 0.1) is 5.82 Å². The van der Waals surface area contributed by atoms with Crippen molar-refractivity contribution in [2.45, 2.75) is 12.9 Å². The summed E-state index contributed by atoms with van der Waals surface area (Å²) in [6, 6.07) is 9.75. The number of halogens is 4. The van der Waals surface area contributed by atoms with Crippen LogP contribution >= 0.6 is 0 Å². The Morgan fingerprint density at radius 2 is 1.82 bits per heavy atom. The second-order valence-electron chi connectivity index (χ2n) is 5.56. The molecule has 0 saturated heterocycles. The van der Waals surface area contributed by atoms with Crippen LogP contribution in [-0.4, -0.2) is 28.7 Å². The van der Waals surface area contributed by atoms with Crippen molar-refractivity contribution in [3.8, 4) is 22.8 Å². The Morgan fingerprint density at radius 3 is 2.46 bits per heavy atom. The predicted octanol–water partition coefficient (Wildman–Crippen LogP) is 4.20. The first-order chi connectivity index (χ1) is 13.3. The number of nitrogens with zero attached hydrogens (tertiary/aromatic N) is 3. The summed E-state index contributed by atoms with van der Waals surface area (Å²) in [6.07, 6.45) is -3.35. The molecule has 0 aliphatic heterocycles. The number of benzene rings is 2. The zero-order valence-electron chi connectivity index (χ0n) is 14.5. The van der Waals surface area contributed by atoms with Crippen molar-refractivity contribution in [3.05, 3.63) is 60.0 Å². The van der Waals surface area contributed by atoms with Crippen LogP contribution in [0.3, 0.4) is 0 Å². The van der Waals surface area contributed by atoms with Gasteiger partial charge in [-0.15, -0.1) is 18.3 Å². The standard InChI is InChI=1S/C18H14F4N4O2/c1-27-16-7-4-12(8-14(16)19)15-10-24-26-17(25-15)23-9-11-2-5-13(6-3-11)28-18(20,21)22/h2-8,10H,9H2,1H3,(H,23,25,26). The van der Waals surface area contributed by atoms with Gasteiger partial charge in [0.25, 0.3) is 0 Å². The van der Waals surface area contributed by atoms with Crippen LogP contribution in [0.15, 0.2) is 48.7 Å². The van der Waals surface area contributed by atoms with E-state index in [0.29, 0.717) is 16.8 Å². The predicted molar refractivity (Wildman–Crippen MR) is 92.2 cm³/mol. The Balaban J connectivity index is 1.67. The summed E-state index contributed by atoms with van der Waals surface area (Å²) in [4.78, 5) is 4.26. The Kier molecular flexibility index (Phi) is 5.57. The van der Waals surface area contributed by atoms with Gasteiger partial charge >= 0.3 is 6.36 Å². The lowest BCUT2D eigenvalue weighted by atomic mass is 10.1. The van der Waals surface area contributed by atoms with Crippen molar-refractivity contribution in [2.75, 3.05) is 12.4 Å². The molecule has 10 heteroatoms. The number of hydrogen-bond acceptors (Lipinski definition) is 6. The summed E-state index contributed by atoms with van der Waals surface area (Å²) in [6.45, 7) is 0.244. The van der Waals surface area contributed by atoms with Crippen LogP contribution in [0.2, 0.25) is 0 Å². The van der Waals surface area contributed by atoms with Gasteiger partial charge in [-0.1, -0.05) is 12.1 Å². The van der Waals surface area contributed by atoms with E-state index in [1.54, 1.807) is 6.07 Å². The molecule has 0 bridgehead atoms. The Labute approximate surface area is 157 Å². The van der Waals surface area contributed by atoms with Crippen LogP contribution in [-0.2, 0) is 6.54 Å². The molecule has 1 aromatic heterocycles. The second kappa shape index (κ2) is 8.07. The number of aromatic nitrogens is 3. The summed E-state index contributed by atoms with van der Waals surface area (Å²) in [5, 5.41) is 10.6. The first-order valence-electron chi connectivity index (χ1n) is 7.96. The quantitative estimate of drug-likeness (QED) is 0.632. The highest BCUT2D eigenvalue weighted by atomic mass is 19.4. The summed E-state index contributed by atoms with van der Waals surface area (Å²) < 4.78 is 59.1. The van der Waals surface area contributed by atoms with E-state index in [0.717, 1.165) is 0 Å². The average molecular weight is 394 g/mol. The van der Waals surface area contributed by atoms with Gasteiger partial charge in [-0.05, 0) is 35.9 Å². The Morgan fingerprint density at radius 1 is 1.07 bits per heavy atom. The van der Waals surface area contributed by atoms with Crippen LogP contribution in [0.1, 0.15) is 5.56 Å². The molecule has 0 spiro atoms. The molecule has 0 saturated carbocycles. The summed E-state index contributed by atoms with van der Waals surface area (Å²) in [5.41, 5.74) is 1.57. The number of rotatable bonds is 6. The van der Waals surface area contributed by atoms with E-state index in [9.17, 15) is 17.6 Å². The van der Waals surface area contributed by atoms with Crippen LogP contribution in [0.25, 0.3) is 11.3 Å². The summed E-state index contributed by atoms with van der Waals surface area (Å²) >= 11 is 0. The maximum atomic E-state index is 13.9. The lowest BCUT2D eigenvalue weighted by Crippen LogP contribution is -2.17. The monoisotopic (exact) mass is 394 g/mol. The van der Waals surface area contributed by atoms with Gasteiger partial charge in [0.15, 0.2) is 11.6 Å². The first-order valence-corrected chi connectivity index (χ1v) is 7.96. The highest BCUT2D eigenvalue weighted by Gasteiger charge is 2.30. The third-order valence-electron chi connectivity index (χ3n) is 3.61. The molecule has 0 radical (unpaired) electrons. The minimum Gasteiger partial charge on any atom is -0.494 e. The Hall–Kier alpha value is -3.43. The van der Waals surface area contributed by atoms with Crippen molar-refractivity contribution in [1.82, 2.24) is 15.2 Å². The molecule has 3 aromatic rings. The number of nitrogens with one attached hydrogen (secondary N) is 1. The SMILES string of the molecule is COc1ccc(-c2cnnc(NCc3ccc(OC(F)(F)F)cc3)n2)cc1F. The molecular weight excluding hydrogens is 380 g/mol. The van der Waals surface area contributed by atoms with Crippen LogP contribution in [0.4, 0.5) is 23.5 Å². The summed E-state index contributed by atoms with van der Waals surface area (Å²) in [7, 11) is 1.37. The largest absolute Gasteiger partial charge is 0.573 e. The molecule has 146 valence electrons. The molecule has 0 aliphatic carbocycles. The zero-order valence-corrected chi connectivity index (χ0v) is 14.5. The van der Waals surface area contributed by atoms with Gasteiger partial charge in [-0.3, -0.25) is 0 Å². The van der Waals surface area contributed by atoms with E-state index >= 15 is 0 Å². The van der Waals surface area contributed by atoms with Gasteiger partial charge in [0, 0.05) is 12.1 Å². The second-order valence-corrected chi connectivity index (χ2v) is 5.56. The number of anilines is 1. The van der Waals surface area contributed by atoms with E-state index in [1.165, 1.54) is 49.7 Å². The van der Waals surface area contributed by atoms with Crippen molar-refractivity contribution >= 4 is 5.95 Å². The third-order valence-corrected chi connectivity index (χ3v) is 3.61. The maximum absolute atomic E-state index is 13.9. The number of ether oxygens (including phenoxy) is 2. The van der Waals surface area contributed by atoms with E-state index in [2.05, 4.69) is 25.2 Å². The topological polar surface area (TPSA) is 69.2 Å². The van der Waals surface area contributed by atoms with Crippen molar-refractivity contribution in [1.29, 1.82) is 0 Å². The highest BCUT2D eigenvalue weighted by Crippen LogP contribution is 2.25. The van der Waals surface area contributed by atoms with Gasteiger partial charge in [0.1, 0.15) is 5.75 Å². The lowest BCUT2D eigenvalue weighted by molar-refractivity contribution is -0.274. The fourth-order valence-corrected chi connectivity index (χ4v) is 2.33. The van der Waals surface area contributed by atoms with E-state index < -0.39 is 12.2 Å². The molecule has 1 N–H and O–H groups in total. The average Bonchev–Trinajstić information content (AvgIpc) is 2.66. The van der Waals surface area contributed by atoms with E-state index in [-0.39, 0.29) is 24.0 Å². The molecule has 0 fully saturated rings. The lowest BCUT2D eigenvalue weighted by Gasteiger charge is -2.10. The molecule has 1 heterocycles. The van der Waals surface area contributed by atoms with Gasteiger partial charge in [-0.25, -0.2) is 9.37 Å². The van der Waals surface area contributed by atoms with Crippen LogP contribution < -0.4 is 14.8 Å². The molecule has 28 heavy (non-hydrogen) atoms. The fourth-order valence-electron chi connectivity index (χ4n) is 2.33. The van der Waals surface area contributed by atoms with Crippen LogP contribution in [0.5, 0.6) is 11.5 Å². The minimum absolute atomic E-state index is 0.113. The van der Waals surface area contributed by atoms with Gasteiger partial charge < -0.3 is 14.8 Å². The minimum atomic E-state index is -4.74. The molecular formula is C18H14F4N4O2. The summed E-state index contributed by atoms with van der Waals surface area (Å²) in [5.74, 6) is -0.543. The highest BCUT2D eigenvalue weighted by molar-refractivity contribution is 5.60. The number of hydrogen-bond donors (Lipinski definition) is 1. The molecule has 6 nitrogen and oxygen atoms in total. The third kappa shape index (κ3) is 5.06. The number of alkyl halides is 3. The van der Waals surface area contributed by atoms with Crippen molar-refractivity contribution in [3.63, 3.8) is 0 Å².